The van der Waals surface area contributed by atoms with Gasteiger partial charge in [-0.2, -0.15) is 10.4 Å². The molecule has 2 amide bonds. The van der Waals surface area contributed by atoms with Crippen molar-refractivity contribution in [2.75, 3.05) is 0 Å². The van der Waals surface area contributed by atoms with Crippen LogP contribution in [-0.2, 0) is 16.2 Å². The zero-order valence-electron chi connectivity index (χ0n) is 23.0. The van der Waals surface area contributed by atoms with Gasteiger partial charge in [-0.15, -0.1) is 0 Å². The fourth-order valence-corrected chi connectivity index (χ4v) is 6.26. The van der Waals surface area contributed by atoms with Gasteiger partial charge in [0.05, 0.1) is 30.0 Å². The first-order valence-corrected chi connectivity index (χ1v) is 15.7. The van der Waals surface area contributed by atoms with Crippen LogP contribution in [0.25, 0.3) is 0 Å². The zero-order chi connectivity index (χ0) is 30.8. The van der Waals surface area contributed by atoms with E-state index in [1.54, 1.807) is 31.2 Å². The third-order valence-corrected chi connectivity index (χ3v) is 7.92. The topological polar surface area (TPSA) is 113 Å². The molecule has 8 nitrogen and oxygen atoms in total. The number of carbonyl (C=O) groups is 2. The summed E-state index contributed by atoms with van der Waals surface area (Å²) in [5, 5.41) is 16.6. The van der Waals surface area contributed by atoms with Crippen LogP contribution in [0.15, 0.2) is 59.7 Å². The highest BCUT2D eigenvalue weighted by atomic mass is 127. The summed E-state index contributed by atoms with van der Waals surface area (Å²) >= 11 is 16.5. The lowest BCUT2D eigenvalue weighted by Gasteiger charge is -2.22. The molecule has 0 aromatic heterocycles. The van der Waals surface area contributed by atoms with Gasteiger partial charge in [-0.25, -0.2) is 5.43 Å². The quantitative estimate of drug-likeness (QED) is 0.115. The summed E-state index contributed by atoms with van der Waals surface area (Å²) in [4.78, 5) is 25.8. The minimum Gasteiger partial charge on any atom is -0.487 e. The highest BCUT2D eigenvalue weighted by molar-refractivity contribution is 14.1. The maximum absolute atomic E-state index is 13.0. The van der Waals surface area contributed by atoms with Gasteiger partial charge in [0.15, 0.2) is 6.10 Å². The Labute approximate surface area is 282 Å². The van der Waals surface area contributed by atoms with Crippen LogP contribution >= 0.6 is 68.4 Å². The van der Waals surface area contributed by atoms with E-state index in [2.05, 4.69) is 67.1 Å². The van der Waals surface area contributed by atoms with E-state index in [-0.39, 0.29) is 10.9 Å². The minimum absolute atomic E-state index is 0.131. The fourth-order valence-electron chi connectivity index (χ4n) is 3.68. The van der Waals surface area contributed by atoms with Crippen LogP contribution in [0.4, 0.5) is 0 Å². The molecule has 0 saturated heterocycles. The first kappa shape index (κ1) is 33.9. The summed E-state index contributed by atoms with van der Waals surface area (Å²) in [5.41, 5.74) is 4.85. The van der Waals surface area contributed by atoms with Crippen LogP contribution in [-0.4, -0.2) is 30.2 Å². The number of amides is 2. The predicted molar refractivity (Wildman–Crippen MR) is 181 cm³/mol. The fraction of sp³-hybridized carbons (Fsp3) is 0.267. The number of benzene rings is 3. The van der Waals surface area contributed by atoms with Crippen LogP contribution in [0.5, 0.6) is 11.5 Å². The van der Waals surface area contributed by atoms with Crippen molar-refractivity contribution in [1.29, 1.82) is 5.26 Å². The molecule has 220 valence electrons. The van der Waals surface area contributed by atoms with Crippen molar-refractivity contribution in [2.45, 2.75) is 45.9 Å². The van der Waals surface area contributed by atoms with E-state index in [1.807, 2.05) is 38.1 Å². The Bertz CT molecular complexity index is 1470. The predicted octanol–water partition coefficient (Wildman–Crippen LogP) is 7.10. The first-order valence-electron chi connectivity index (χ1n) is 12.8. The Morgan fingerprint density at radius 3 is 2.29 bits per heavy atom. The Morgan fingerprint density at radius 1 is 1.02 bits per heavy atom. The van der Waals surface area contributed by atoms with Crippen LogP contribution in [0, 0.1) is 24.4 Å². The highest BCUT2D eigenvalue weighted by Crippen LogP contribution is 2.30. The number of hydrogen-bond acceptors (Lipinski definition) is 6. The maximum Gasteiger partial charge on any atom is 0.262 e. The number of halogens is 4. The number of nitriles is 1. The maximum atomic E-state index is 13.0. The second-order valence-electron chi connectivity index (χ2n) is 9.67. The van der Waals surface area contributed by atoms with E-state index in [1.165, 1.54) is 12.3 Å². The molecule has 12 heteroatoms. The van der Waals surface area contributed by atoms with E-state index in [9.17, 15) is 9.59 Å². The molecule has 2 atom stereocenters. The smallest absolute Gasteiger partial charge is 0.262 e. The lowest BCUT2D eigenvalue weighted by molar-refractivity contribution is -0.132. The van der Waals surface area contributed by atoms with Crippen molar-refractivity contribution in [2.24, 2.45) is 11.0 Å². The van der Waals surface area contributed by atoms with Crippen LogP contribution in [0.1, 0.15) is 43.9 Å². The molecule has 0 fully saturated rings. The van der Waals surface area contributed by atoms with Gasteiger partial charge in [-0.05, 0) is 118 Å². The van der Waals surface area contributed by atoms with Gasteiger partial charge in [-0.3, -0.25) is 9.59 Å². The highest BCUT2D eigenvalue weighted by Gasteiger charge is 2.25. The molecular weight excluding hydrogens is 805 g/mol. The average Bonchev–Trinajstić information content (AvgIpc) is 2.93. The number of hydrogen-bond donors (Lipinski definition) is 2. The Hall–Kier alpha value is -2.60. The van der Waals surface area contributed by atoms with Gasteiger partial charge in [0.1, 0.15) is 24.1 Å². The van der Waals surface area contributed by atoms with Gasteiger partial charge >= 0.3 is 0 Å². The van der Waals surface area contributed by atoms with Gasteiger partial charge < -0.3 is 14.8 Å². The summed E-state index contributed by atoms with van der Waals surface area (Å²) in [6, 6.07) is 17.0. The Morgan fingerprint density at radius 2 is 1.69 bits per heavy atom. The first-order chi connectivity index (χ1) is 20.0. The molecule has 0 aliphatic rings. The molecule has 0 aliphatic carbocycles. The van der Waals surface area contributed by atoms with E-state index in [0.29, 0.717) is 29.4 Å². The average molecular weight is 833 g/mol. The largest absolute Gasteiger partial charge is 0.487 e. The summed E-state index contributed by atoms with van der Waals surface area (Å²) in [6.45, 7) is 5.85. The third kappa shape index (κ3) is 10.3. The summed E-state index contributed by atoms with van der Waals surface area (Å²) in [6.07, 6.45) is 1.04. The molecule has 3 aromatic rings. The van der Waals surface area contributed by atoms with Crippen molar-refractivity contribution in [3.63, 3.8) is 0 Å². The van der Waals surface area contributed by atoms with E-state index in [0.717, 1.165) is 24.0 Å². The molecule has 0 unspecified atom stereocenters. The normalized spacial score (nSPS) is 12.5. The molecule has 3 aromatic carbocycles. The molecule has 0 saturated carbocycles. The Kier molecular flexibility index (Phi) is 13.2. The molecule has 0 heterocycles. The number of ether oxygens (including phenoxy) is 2. The van der Waals surface area contributed by atoms with Crippen LogP contribution in [0.2, 0.25) is 10.0 Å². The molecular formula is C30H28Cl2I2N4O4. The van der Waals surface area contributed by atoms with Crippen molar-refractivity contribution < 1.29 is 19.1 Å². The monoisotopic (exact) mass is 832 g/mol. The lowest BCUT2D eigenvalue weighted by Crippen LogP contribution is -2.49. The number of rotatable bonds is 12. The lowest BCUT2D eigenvalue weighted by atomic mass is 10.0. The SMILES string of the molecule is CC(C)C[C@H](NC(=O)[C@H](C)Oc1ccc(Cl)cc1Cl)C(=O)N/N=C\c1cc(I)c(OCc2ccc(C#N)cc2)c(I)c1. The number of carbonyl (C=O) groups excluding carboxylic acids is 2. The standard InChI is InChI=1S/C30H28Cl2I2N4O4/c1-17(2)10-26(37-29(39)18(3)42-27-9-8-22(31)13-23(27)32)30(40)38-36-15-21-11-24(33)28(25(34)12-21)41-16-20-6-4-19(14-35)5-7-20/h4-9,11-13,15,17-18,26H,10,16H2,1-3H3,(H,37,39)(H,38,40)/b36-15-/t18-,26-/m0/s1. The minimum atomic E-state index is -0.906. The molecule has 0 aliphatic heterocycles. The molecule has 2 N–H and O–H groups in total. The van der Waals surface area contributed by atoms with Gasteiger partial charge in [0.25, 0.3) is 11.8 Å². The molecule has 0 radical (unpaired) electrons. The zero-order valence-corrected chi connectivity index (χ0v) is 28.8. The summed E-state index contributed by atoms with van der Waals surface area (Å²) in [5.74, 6) is 0.265. The van der Waals surface area contributed by atoms with Crippen molar-refractivity contribution >= 4 is 86.4 Å². The van der Waals surface area contributed by atoms with Crippen molar-refractivity contribution in [3.8, 4) is 17.6 Å². The van der Waals surface area contributed by atoms with Gasteiger partial charge in [0, 0.05) is 5.02 Å². The van der Waals surface area contributed by atoms with E-state index >= 15 is 0 Å². The second-order valence-corrected chi connectivity index (χ2v) is 12.8. The van der Waals surface area contributed by atoms with Crippen LogP contribution in [0.3, 0.4) is 0 Å². The van der Waals surface area contributed by atoms with Gasteiger partial charge in [-0.1, -0.05) is 49.2 Å². The number of hydrazone groups is 1. The molecule has 0 bridgehead atoms. The summed E-state index contributed by atoms with van der Waals surface area (Å²) < 4.78 is 13.5. The third-order valence-electron chi connectivity index (χ3n) is 5.78. The van der Waals surface area contributed by atoms with E-state index in [4.69, 9.17) is 37.9 Å². The van der Waals surface area contributed by atoms with Crippen molar-refractivity contribution in [1.82, 2.24) is 10.7 Å². The van der Waals surface area contributed by atoms with Gasteiger partial charge in [0.2, 0.25) is 0 Å². The number of nitrogens with one attached hydrogen (secondary N) is 2. The summed E-state index contributed by atoms with van der Waals surface area (Å²) in [7, 11) is 0. The Balaban J connectivity index is 1.60. The molecule has 3 rings (SSSR count). The number of nitrogens with zero attached hydrogens (tertiary/aromatic N) is 2. The molecule has 42 heavy (non-hydrogen) atoms. The van der Waals surface area contributed by atoms with Crippen LogP contribution < -0.4 is 20.2 Å². The molecule has 0 spiro atoms. The second kappa shape index (κ2) is 16.3. The van der Waals surface area contributed by atoms with E-state index < -0.39 is 24.0 Å². The van der Waals surface area contributed by atoms with Crippen molar-refractivity contribution in [3.05, 3.63) is 88.5 Å².